The van der Waals surface area contributed by atoms with Crippen LogP contribution in [0.1, 0.15) is 37.9 Å². The number of rotatable bonds is 9. The predicted molar refractivity (Wildman–Crippen MR) is 146 cm³/mol. The van der Waals surface area contributed by atoms with E-state index in [2.05, 4.69) is 20.5 Å². The first-order valence-electron chi connectivity index (χ1n) is 13.5. The standard InChI is InChI=1S/C27H36F2N8O2/c1-35(2)17-24(38)30-16-18-7-9-19(10-8-18)31-27-33-22(36-11-13-39-14-12-36)15-23(34-27)37-21-6-4-3-5-20(21)32-26(37)25(28)29/h3-6,15,18-19,25H,7-14,16-17H2,1-2H3,(H,30,38)(H,31,33,34)/t18-,19-. The molecule has 210 valence electrons. The lowest BCUT2D eigenvalue weighted by molar-refractivity contribution is -0.121. The number of para-hydroxylation sites is 2. The normalized spacial score (nSPS) is 20.1. The second-order valence-electron chi connectivity index (χ2n) is 10.5. The summed E-state index contributed by atoms with van der Waals surface area (Å²) >= 11 is 0. The third-order valence-corrected chi connectivity index (χ3v) is 7.27. The van der Waals surface area contributed by atoms with Gasteiger partial charge in [0.2, 0.25) is 11.9 Å². The average Bonchev–Trinajstić information content (AvgIpc) is 3.33. The summed E-state index contributed by atoms with van der Waals surface area (Å²) < 4.78 is 35.1. The van der Waals surface area contributed by atoms with Crippen LogP contribution in [-0.2, 0) is 9.53 Å². The second kappa shape index (κ2) is 12.2. The van der Waals surface area contributed by atoms with Gasteiger partial charge in [0.15, 0.2) is 5.82 Å². The van der Waals surface area contributed by atoms with Gasteiger partial charge in [0, 0.05) is 31.7 Å². The van der Waals surface area contributed by atoms with Gasteiger partial charge in [-0.05, 0) is 57.8 Å². The van der Waals surface area contributed by atoms with Gasteiger partial charge in [0.05, 0.1) is 30.8 Å². The van der Waals surface area contributed by atoms with Gasteiger partial charge in [-0.3, -0.25) is 9.36 Å². The summed E-state index contributed by atoms with van der Waals surface area (Å²) in [6.45, 7) is 3.53. The number of hydrogen-bond acceptors (Lipinski definition) is 8. The molecule has 1 aliphatic heterocycles. The van der Waals surface area contributed by atoms with Crippen LogP contribution in [0, 0.1) is 5.92 Å². The molecule has 39 heavy (non-hydrogen) atoms. The molecule has 1 aliphatic carbocycles. The molecule has 1 amide bonds. The number of likely N-dealkylation sites (N-methyl/N-ethyl adjacent to an activating group) is 1. The highest BCUT2D eigenvalue weighted by atomic mass is 19.3. The molecule has 2 N–H and O–H groups in total. The van der Waals surface area contributed by atoms with E-state index in [4.69, 9.17) is 14.7 Å². The van der Waals surface area contributed by atoms with Crippen molar-refractivity contribution in [3.63, 3.8) is 0 Å². The maximum Gasteiger partial charge on any atom is 0.296 e. The van der Waals surface area contributed by atoms with Gasteiger partial charge in [-0.25, -0.2) is 13.8 Å². The number of morpholine rings is 1. The van der Waals surface area contributed by atoms with Crippen molar-refractivity contribution in [2.45, 2.75) is 38.2 Å². The first-order valence-corrected chi connectivity index (χ1v) is 13.5. The zero-order valence-corrected chi connectivity index (χ0v) is 22.4. The molecule has 1 aromatic carbocycles. The number of amides is 1. The molecular formula is C27H36F2N8O2. The lowest BCUT2D eigenvalue weighted by atomic mass is 9.86. The largest absolute Gasteiger partial charge is 0.378 e. The number of hydrogen-bond donors (Lipinski definition) is 2. The topological polar surface area (TPSA) is 100 Å². The minimum atomic E-state index is -2.76. The van der Waals surface area contributed by atoms with E-state index in [0.717, 1.165) is 25.7 Å². The summed E-state index contributed by atoms with van der Waals surface area (Å²) in [5.41, 5.74) is 1.06. The number of anilines is 2. The summed E-state index contributed by atoms with van der Waals surface area (Å²) in [4.78, 5) is 29.6. The highest BCUT2D eigenvalue weighted by Gasteiger charge is 2.26. The number of nitrogens with one attached hydrogen (secondary N) is 2. The van der Waals surface area contributed by atoms with Crippen molar-refractivity contribution < 1.29 is 18.3 Å². The van der Waals surface area contributed by atoms with E-state index in [9.17, 15) is 13.6 Å². The van der Waals surface area contributed by atoms with Crippen LogP contribution in [0.25, 0.3) is 16.9 Å². The Morgan fingerprint density at radius 3 is 2.51 bits per heavy atom. The number of imidazole rings is 1. The van der Waals surface area contributed by atoms with E-state index in [0.29, 0.717) is 73.9 Å². The monoisotopic (exact) mass is 542 g/mol. The van der Waals surface area contributed by atoms with E-state index >= 15 is 0 Å². The van der Waals surface area contributed by atoms with Crippen LogP contribution in [0.4, 0.5) is 20.5 Å². The van der Waals surface area contributed by atoms with Crippen molar-refractivity contribution in [2.24, 2.45) is 5.92 Å². The third kappa shape index (κ3) is 6.62. The zero-order valence-electron chi connectivity index (χ0n) is 22.4. The number of ether oxygens (including phenoxy) is 1. The van der Waals surface area contributed by atoms with E-state index < -0.39 is 6.43 Å². The molecule has 2 aliphatic rings. The molecule has 0 atom stereocenters. The lowest BCUT2D eigenvalue weighted by Crippen LogP contribution is -2.38. The Bertz CT molecular complexity index is 1270. The third-order valence-electron chi connectivity index (χ3n) is 7.27. The number of benzene rings is 1. The molecule has 0 spiro atoms. The maximum atomic E-state index is 14.1. The number of carbonyl (C=O) groups is 1. The van der Waals surface area contributed by atoms with Crippen molar-refractivity contribution in [3.05, 3.63) is 36.2 Å². The quantitative estimate of drug-likeness (QED) is 0.425. The molecular weight excluding hydrogens is 506 g/mol. The Morgan fingerprint density at radius 1 is 1.08 bits per heavy atom. The Hall–Kier alpha value is -3.38. The van der Waals surface area contributed by atoms with Crippen LogP contribution in [-0.4, -0.2) is 89.9 Å². The molecule has 12 heteroatoms. The van der Waals surface area contributed by atoms with Crippen LogP contribution in [0.2, 0.25) is 0 Å². The molecule has 2 aromatic heterocycles. The van der Waals surface area contributed by atoms with Crippen LogP contribution >= 0.6 is 0 Å². The number of alkyl halides is 2. The first-order chi connectivity index (χ1) is 18.9. The molecule has 1 saturated carbocycles. The smallest absolute Gasteiger partial charge is 0.296 e. The molecule has 1 saturated heterocycles. The molecule has 3 heterocycles. The fourth-order valence-corrected chi connectivity index (χ4v) is 5.28. The minimum Gasteiger partial charge on any atom is -0.378 e. The van der Waals surface area contributed by atoms with Gasteiger partial charge in [-0.15, -0.1) is 0 Å². The maximum absolute atomic E-state index is 14.1. The number of halogens is 2. The van der Waals surface area contributed by atoms with Crippen molar-refractivity contribution in [3.8, 4) is 5.82 Å². The summed E-state index contributed by atoms with van der Waals surface area (Å²) in [7, 11) is 3.75. The Kier molecular flexibility index (Phi) is 8.51. The fourth-order valence-electron chi connectivity index (χ4n) is 5.28. The van der Waals surface area contributed by atoms with Gasteiger partial charge < -0.3 is 25.2 Å². The highest BCUT2D eigenvalue weighted by molar-refractivity contribution is 5.78. The molecule has 0 bridgehead atoms. The van der Waals surface area contributed by atoms with Gasteiger partial charge in [-0.1, -0.05) is 12.1 Å². The number of fused-ring (bicyclic) bond motifs is 1. The summed E-state index contributed by atoms with van der Waals surface area (Å²) in [5.74, 6) is 1.56. The molecule has 10 nitrogen and oxygen atoms in total. The van der Waals surface area contributed by atoms with Crippen LogP contribution in [0.3, 0.4) is 0 Å². The highest BCUT2D eigenvalue weighted by Crippen LogP contribution is 2.30. The molecule has 3 aromatic rings. The van der Waals surface area contributed by atoms with E-state index in [1.165, 1.54) is 4.57 Å². The van der Waals surface area contributed by atoms with Crippen LogP contribution < -0.4 is 15.5 Å². The molecule has 0 unspecified atom stereocenters. The SMILES string of the molecule is CN(C)CC(=O)NC[C@H]1CC[C@H](Nc2nc(N3CCOCC3)cc(-n3c(C(F)F)nc4ccccc43)n2)CC1. The Balaban J connectivity index is 1.36. The van der Waals surface area contributed by atoms with Gasteiger partial charge >= 0.3 is 0 Å². The minimum absolute atomic E-state index is 0.0382. The predicted octanol–water partition coefficient (Wildman–Crippen LogP) is 3.24. The molecule has 0 radical (unpaired) electrons. The Labute approximate surface area is 226 Å². The van der Waals surface area contributed by atoms with E-state index in [1.54, 1.807) is 30.3 Å². The van der Waals surface area contributed by atoms with E-state index in [-0.39, 0.29) is 17.8 Å². The number of carbonyl (C=O) groups excluding carboxylic acids is 1. The average molecular weight is 543 g/mol. The van der Waals surface area contributed by atoms with Crippen LogP contribution in [0.15, 0.2) is 30.3 Å². The van der Waals surface area contributed by atoms with Crippen molar-refractivity contribution in [1.29, 1.82) is 0 Å². The second-order valence-corrected chi connectivity index (χ2v) is 10.5. The lowest BCUT2D eigenvalue weighted by Gasteiger charge is -2.31. The van der Waals surface area contributed by atoms with Gasteiger partial charge in [0.25, 0.3) is 6.43 Å². The van der Waals surface area contributed by atoms with Crippen molar-refractivity contribution >= 4 is 28.7 Å². The van der Waals surface area contributed by atoms with Crippen molar-refractivity contribution in [1.82, 2.24) is 29.7 Å². The fraction of sp³-hybridized carbons (Fsp3) is 0.556. The summed E-state index contributed by atoms with van der Waals surface area (Å²) in [6, 6.07) is 8.99. The van der Waals surface area contributed by atoms with Crippen molar-refractivity contribution in [2.75, 3.05) is 63.7 Å². The van der Waals surface area contributed by atoms with Gasteiger partial charge in [-0.2, -0.15) is 9.97 Å². The molecule has 5 rings (SSSR count). The van der Waals surface area contributed by atoms with Gasteiger partial charge in [0.1, 0.15) is 11.6 Å². The molecule has 2 fully saturated rings. The van der Waals surface area contributed by atoms with E-state index in [1.807, 2.05) is 19.0 Å². The first kappa shape index (κ1) is 27.2. The Morgan fingerprint density at radius 2 is 1.79 bits per heavy atom. The zero-order chi connectivity index (χ0) is 27.4. The summed E-state index contributed by atoms with van der Waals surface area (Å²) in [6.07, 6.45) is 0.995. The number of aromatic nitrogens is 4. The summed E-state index contributed by atoms with van der Waals surface area (Å²) in [5, 5.41) is 6.51. The van der Waals surface area contributed by atoms with Crippen LogP contribution in [0.5, 0.6) is 0 Å². The number of nitrogens with zero attached hydrogens (tertiary/aromatic N) is 6.